The van der Waals surface area contributed by atoms with E-state index in [2.05, 4.69) is 15.5 Å². The lowest BCUT2D eigenvalue weighted by Gasteiger charge is -2.04. The summed E-state index contributed by atoms with van der Waals surface area (Å²) >= 11 is 0. The molecule has 5 nitrogen and oxygen atoms in total. The fraction of sp³-hybridized carbons (Fsp3) is 0.167. The second kappa shape index (κ2) is 5.68. The van der Waals surface area contributed by atoms with Crippen LogP contribution in [0.25, 0.3) is 22.8 Å². The first-order chi connectivity index (χ1) is 11.3. The zero-order valence-electron chi connectivity index (χ0n) is 12.4. The van der Waals surface area contributed by atoms with Crippen LogP contribution in [0.2, 0.25) is 0 Å². The minimum atomic E-state index is 0.0990. The van der Waals surface area contributed by atoms with Crippen molar-refractivity contribution in [3.63, 3.8) is 0 Å². The van der Waals surface area contributed by atoms with Crippen LogP contribution >= 0.6 is 0 Å². The lowest BCUT2D eigenvalue weighted by Crippen LogP contribution is -2.12. The van der Waals surface area contributed by atoms with Gasteiger partial charge in [0.05, 0.1) is 0 Å². The SMILES string of the molecule is O=C(Nc1ccc(-c2nc(-c3ccccc3)no2)cc1)C1CC1. The molecule has 0 unspecified atom stereocenters. The molecule has 1 aliphatic rings. The molecule has 1 saturated carbocycles. The van der Waals surface area contributed by atoms with Gasteiger partial charge >= 0.3 is 0 Å². The van der Waals surface area contributed by atoms with Gasteiger partial charge in [-0.1, -0.05) is 35.5 Å². The van der Waals surface area contributed by atoms with E-state index in [1.54, 1.807) is 0 Å². The molecule has 0 bridgehead atoms. The van der Waals surface area contributed by atoms with Gasteiger partial charge in [0.15, 0.2) is 0 Å². The topological polar surface area (TPSA) is 68.0 Å². The molecule has 0 radical (unpaired) electrons. The summed E-state index contributed by atoms with van der Waals surface area (Å²) in [6, 6.07) is 17.1. The Morgan fingerprint density at radius 1 is 1.00 bits per heavy atom. The van der Waals surface area contributed by atoms with E-state index < -0.39 is 0 Å². The molecule has 5 heteroatoms. The minimum Gasteiger partial charge on any atom is -0.334 e. The van der Waals surface area contributed by atoms with Crippen LogP contribution in [0.15, 0.2) is 59.1 Å². The second-order valence-electron chi connectivity index (χ2n) is 5.63. The van der Waals surface area contributed by atoms with Gasteiger partial charge in [0.2, 0.25) is 11.7 Å². The van der Waals surface area contributed by atoms with Gasteiger partial charge in [-0.15, -0.1) is 0 Å². The quantitative estimate of drug-likeness (QED) is 0.797. The van der Waals surface area contributed by atoms with Crippen molar-refractivity contribution in [3.05, 3.63) is 54.6 Å². The number of nitrogens with one attached hydrogen (secondary N) is 1. The van der Waals surface area contributed by atoms with E-state index in [4.69, 9.17) is 4.52 Å². The zero-order chi connectivity index (χ0) is 15.6. The number of amides is 1. The highest BCUT2D eigenvalue weighted by molar-refractivity contribution is 5.94. The largest absolute Gasteiger partial charge is 0.334 e. The predicted octanol–water partition coefficient (Wildman–Crippen LogP) is 3.75. The molecular formula is C18H15N3O2. The first-order valence-corrected chi connectivity index (χ1v) is 7.60. The molecule has 1 amide bonds. The molecule has 1 aromatic heterocycles. The summed E-state index contributed by atoms with van der Waals surface area (Å²) in [4.78, 5) is 16.2. The maximum atomic E-state index is 11.7. The molecule has 1 fully saturated rings. The van der Waals surface area contributed by atoms with Crippen molar-refractivity contribution >= 4 is 11.6 Å². The van der Waals surface area contributed by atoms with E-state index in [9.17, 15) is 4.79 Å². The van der Waals surface area contributed by atoms with E-state index >= 15 is 0 Å². The maximum absolute atomic E-state index is 11.7. The number of nitrogens with zero attached hydrogens (tertiary/aromatic N) is 2. The number of rotatable bonds is 4. The number of carbonyl (C=O) groups is 1. The highest BCUT2D eigenvalue weighted by atomic mass is 16.5. The molecule has 0 atom stereocenters. The third kappa shape index (κ3) is 2.99. The normalized spacial score (nSPS) is 13.7. The van der Waals surface area contributed by atoms with E-state index in [-0.39, 0.29) is 11.8 Å². The van der Waals surface area contributed by atoms with Crippen LogP contribution in [0.3, 0.4) is 0 Å². The van der Waals surface area contributed by atoms with Crippen LogP contribution in [-0.2, 0) is 4.79 Å². The van der Waals surface area contributed by atoms with E-state index in [0.717, 1.165) is 29.7 Å². The summed E-state index contributed by atoms with van der Waals surface area (Å²) in [5.41, 5.74) is 2.52. The number of anilines is 1. The third-order valence-electron chi connectivity index (χ3n) is 3.81. The fourth-order valence-electron chi connectivity index (χ4n) is 2.33. The number of carbonyl (C=O) groups excluding carboxylic acids is 1. The Hall–Kier alpha value is -2.95. The van der Waals surface area contributed by atoms with Crippen LogP contribution in [0.5, 0.6) is 0 Å². The molecule has 1 aliphatic carbocycles. The molecule has 0 spiro atoms. The third-order valence-corrected chi connectivity index (χ3v) is 3.81. The summed E-state index contributed by atoms with van der Waals surface area (Å²) < 4.78 is 5.33. The van der Waals surface area contributed by atoms with Gasteiger partial charge in [-0.2, -0.15) is 4.98 Å². The molecule has 0 aliphatic heterocycles. The van der Waals surface area contributed by atoms with Crippen molar-refractivity contribution < 1.29 is 9.32 Å². The van der Waals surface area contributed by atoms with E-state index in [1.165, 1.54) is 0 Å². The van der Waals surface area contributed by atoms with E-state index in [1.807, 2.05) is 54.6 Å². The molecule has 114 valence electrons. The number of hydrogen-bond donors (Lipinski definition) is 1. The molecular weight excluding hydrogens is 290 g/mol. The average molecular weight is 305 g/mol. The lowest BCUT2D eigenvalue weighted by molar-refractivity contribution is -0.117. The van der Waals surface area contributed by atoms with Crippen molar-refractivity contribution in [1.29, 1.82) is 0 Å². The highest BCUT2D eigenvalue weighted by Gasteiger charge is 2.29. The van der Waals surface area contributed by atoms with Gasteiger partial charge in [-0.3, -0.25) is 4.79 Å². The standard InChI is InChI=1S/C18H15N3O2/c22-17(13-6-7-13)19-15-10-8-14(9-11-15)18-20-16(21-23-18)12-4-2-1-3-5-12/h1-5,8-11,13H,6-7H2,(H,19,22). The number of aromatic nitrogens is 2. The Kier molecular flexibility index (Phi) is 3.38. The zero-order valence-corrected chi connectivity index (χ0v) is 12.4. The van der Waals surface area contributed by atoms with Crippen LogP contribution in [0, 0.1) is 5.92 Å². The molecule has 4 rings (SSSR count). The van der Waals surface area contributed by atoms with Gasteiger partial charge in [0, 0.05) is 22.7 Å². The second-order valence-corrected chi connectivity index (χ2v) is 5.63. The van der Waals surface area contributed by atoms with E-state index in [0.29, 0.717) is 11.7 Å². The van der Waals surface area contributed by atoms with Crippen LogP contribution < -0.4 is 5.32 Å². The average Bonchev–Trinajstić information content (AvgIpc) is 3.34. The van der Waals surface area contributed by atoms with Gasteiger partial charge in [0.25, 0.3) is 5.89 Å². The van der Waals surface area contributed by atoms with Crippen molar-refractivity contribution in [3.8, 4) is 22.8 Å². The summed E-state index contributed by atoms with van der Waals surface area (Å²) in [5.74, 6) is 1.32. The molecule has 1 N–H and O–H groups in total. The Bertz CT molecular complexity index is 821. The molecule has 0 saturated heterocycles. The van der Waals surface area contributed by atoms with Crippen molar-refractivity contribution in [1.82, 2.24) is 10.1 Å². The summed E-state index contributed by atoms with van der Waals surface area (Å²) in [6.45, 7) is 0. The van der Waals surface area contributed by atoms with Crippen LogP contribution in [0.1, 0.15) is 12.8 Å². The minimum absolute atomic E-state index is 0.0990. The van der Waals surface area contributed by atoms with Gasteiger partial charge < -0.3 is 9.84 Å². The Morgan fingerprint density at radius 3 is 2.43 bits per heavy atom. The monoisotopic (exact) mass is 305 g/mol. The van der Waals surface area contributed by atoms with Crippen molar-refractivity contribution in [2.75, 3.05) is 5.32 Å². The van der Waals surface area contributed by atoms with Gasteiger partial charge in [-0.05, 0) is 37.1 Å². The highest BCUT2D eigenvalue weighted by Crippen LogP contribution is 2.30. The van der Waals surface area contributed by atoms with Crippen molar-refractivity contribution in [2.45, 2.75) is 12.8 Å². The first-order valence-electron chi connectivity index (χ1n) is 7.60. The molecule has 3 aromatic rings. The Labute approximate surface area is 133 Å². The van der Waals surface area contributed by atoms with Crippen molar-refractivity contribution in [2.24, 2.45) is 5.92 Å². The number of hydrogen-bond acceptors (Lipinski definition) is 4. The Balaban J connectivity index is 1.52. The van der Waals surface area contributed by atoms with Gasteiger partial charge in [0.1, 0.15) is 0 Å². The Morgan fingerprint density at radius 2 is 1.74 bits per heavy atom. The first kappa shape index (κ1) is 13.7. The smallest absolute Gasteiger partial charge is 0.258 e. The summed E-state index contributed by atoms with van der Waals surface area (Å²) in [7, 11) is 0. The van der Waals surface area contributed by atoms with Crippen LogP contribution in [0.4, 0.5) is 5.69 Å². The summed E-state index contributed by atoms with van der Waals surface area (Å²) in [5, 5.41) is 6.92. The molecule has 1 heterocycles. The summed E-state index contributed by atoms with van der Waals surface area (Å²) in [6.07, 6.45) is 1.99. The van der Waals surface area contributed by atoms with Crippen LogP contribution in [-0.4, -0.2) is 16.0 Å². The lowest BCUT2D eigenvalue weighted by atomic mass is 10.2. The van der Waals surface area contributed by atoms with Gasteiger partial charge in [-0.25, -0.2) is 0 Å². The predicted molar refractivity (Wildman–Crippen MR) is 86.5 cm³/mol. The molecule has 2 aromatic carbocycles. The number of benzene rings is 2. The fourth-order valence-corrected chi connectivity index (χ4v) is 2.33. The molecule has 23 heavy (non-hydrogen) atoms. The maximum Gasteiger partial charge on any atom is 0.258 e.